The lowest BCUT2D eigenvalue weighted by Gasteiger charge is -2.05. The van der Waals surface area contributed by atoms with Gasteiger partial charge in [0.05, 0.1) is 11.2 Å². The van der Waals surface area contributed by atoms with Crippen molar-refractivity contribution < 1.29 is 0 Å². The molecule has 2 rings (SSSR count). The highest BCUT2D eigenvalue weighted by Crippen LogP contribution is 2.23. The molecule has 0 aliphatic heterocycles. The van der Waals surface area contributed by atoms with Crippen LogP contribution in [0.4, 0.5) is 0 Å². The van der Waals surface area contributed by atoms with Gasteiger partial charge in [-0.15, -0.1) is 11.6 Å². The summed E-state index contributed by atoms with van der Waals surface area (Å²) in [5.41, 5.74) is 2.43. The second-order valence-corrected chi connectivity index (χ2v) is 5.89. The van der Waals surface area contributed by atoms with Gasteiger partial charge in [-0.2, -0.15) is 16.9 Å². The smallest absolute Gasteiger partial charge is 0.0802 e. The van der Waals surface area contributed by atoms with E-state index in [4.69, 9.17) is 16.7 Å². The van der Waals surface area contributed by atoms with Crippen LogP contribution in [0.1, 0.15) is 19.5 Å². The van der Waals surface area contributed by atoms with Crippen molar-refractivity contribution in [1.29, 1.82) is 0 Å². The number of benzene rings is 1. The number of thioether (sulfide) groups is 1. The molecule has 0 saturated heterocycles. The fourth-order valence-corrected chi connectivity index (χ4v) is 3.23. The number of aromatic nitrogens is 2. The first-order chi connectivity index (χ1) is 8.76. The summed E-state index contributed by atoms with van der Waals surface area (Å²) in [6.07, 6.45) is 0. The lowest BCUT2D eigenvalue weighted by atomic mass is 10.2. The number of nitrogens with zero attached hydrogens (tertiary/aromatic N) is 2. The quantitative estimate of drug-likeness (QED) is 0.740. The highest BCUT2D eigenvalue weighted by atomic mass is 35.5. The predicted molar refractivity (Wildman–Crippen MR) is 81.5 cm³/mol. The van der Waals surface area contributed by atoms with Crippen LogP contribution in [0.2, 0.25) is 0 Å². The van der Waals surface area contributed by atoms with Gasteiger partial charge in [-0.05, 0) is 24.7 Å². The molecule has 1 heterocycles. The van der Waals surface area contributed by atoms with Crippen LogP contribution in [0, 0.1) is 5.92 Å². The minimum Gasteiger partial charge on any atom is -0.265 e. The van der Waals surface area contributed by atoms with Crippen LogP contribution in [0.25, 0.3) is 10.9 Å². The Bertz CT molecular complexity index is 509. The van der Waals surface area contributed by atoms with E-state index in [0.717, 1.165) is 23.9 Å². The van der Waals surface area contributed by atoms with E-state index in [-0.39, 0.29) is 0 Å². The number of hydrogen-bond acceptors (Lipinski definition) is 2. The maximum atomic E-state index is 5.82. The molecule has 0 saturated carbocycles. The van der Waals surface area contributed by atoms with Crippen LogP contribution in [0.5, 0.6) is 0 Å². The molecule has 18 heavy (non-hydrogen) atoms. The lowest BCUT2D eigenvalue weighted by Crippen LogP contribution is -2.00. The molecule has 2 aromatic rings. The van der Waals surface area contributed by atoms with Gasteiger partial charge in [-0.1, -0.05) is 25.1 Å². The van der Waals surface area contributed by atoms with Crippen LogP contribution in [0.15, 0.2) is 24.3 Å². The summed E-state index contributed by atoms with van der Waals surface area (Å²) in [6, 6.07) is 8.46. The summed E-state index contributed by atoms with van der Waals surface area (Å²) in [7, 11) is 0. The molecule has 1 unspecified atom stereocenters. The molecule has 0 amide bonds. The summed E-state index contributed by atoms with van der Waals surface area (Å²) < 4.78 is 2.08. The van der Waals surface area contributed by atoms with Crippen molar-refractivity contribution in [3.8, 4) is 0 Å². The van der Waals surface area contributed by atoms with E-state index < -0.39 is 0 Å². The summed E-state index contributed by atoms with van der Waals surface area (Å²) in [5, 5.41) is 5.98. The Balaban J connectivity index is 2.13. The zero-order valence-corrected chi connectivity index (χ0v) is 12.5. The van der Waals surface area contributed by atoms with Crippen LogP contribution in [-0.2, 0) is 12.3 Å². The van der Waals surface area contributed by atoms with E-state index in [2.05, 4.69) is 42.8 Å². The third kappa shape index (κ3) is 3.01. The van der Waals surface area contributed by atoms with Crippen molar-refractivity contribution in [3.05, 3.63) is 30.0 Å². The molecular weight excluding hydrogens is 264 g/mol. The van der Waals surface area contributed by atoms with E-state index in [1.807, 2.05) is 11.8 Å². The standard InChI is InChI=1S/C14H19ClN2S/c1-3-17-14-7-5-4-6-12(14)13(16-17)10-18-9-11(2)8-15/h4-7,11H,3,8-10H2,1-2H3. The number of alkyl halides is 1. The SMILES string of the molecule is CCn1nc(CSCC(C)CCl)c2ccccc21. The molecule has 1 aromatic heterocycles. The molecule has 1 atom stereocenters. The van der Waals surface area contributed by atoms with Crippen LogP contribution in [0.3, 0.4) is 0 Å². The molecule has 0 radical (unpaired) electrons. The Morgan fingerprint density at radius 3 is 2.89 bits per heavy atom. The van der Waals surface area contributed by atoms with E-state index in [1.165, 1.54) is 16.6 Å². The molecule has 0 aliphatic rings. The molecule has 98 valence electrons. The van der Waals surface area contributed by atoms with Crippen LogP contribution < -0.4 is 0 Å². The first kappa shape index (κ1) is 13.8. The molecule has 4 heteroatoms. The number of fused-ring (bicyclic) bond motifs is 1. The Labute approximate surface area is 118 Å². The van der Waals surface area contributed by atoms with Crippen molar-refractivity contribution in [2.45, 2.75) is 26.1 Å². The second kappa shape index (κ2) is 6.48. The van der Waals surface area contributed by atoms with Gasteiger partial charge in [0.1, 0.15) is 0 Å². The highest BCUT2D eigenvalue weighted by molar-refractivity contribution is 7.98. The maximum absolute atomic E-state index is 5.82. The van der Waals surface area contributed by atoms with Gasteiger partial charge >= 0.3 is 0 Å². The third-order valence-corrected chi connectivity index (χ3v) is 4.75. The first-order valence-electron chi connectivity index (χ1n) is 6.34. The van der Waals surface area contributed by atoms with Crippen molar-refractivity contribution in [3.63, 3.8) is 0 Å². The zero-order chi connectivity index (χ0) is 13.0. The van der Waals surface area contributed by atoms with E-state index in [1.54, 1.807) is 0 Å². The summed E-state index contributed by atoms with van der Waals surface area (Å²) in [5.74, 6) is 3.36. The largest absolute Gasteiger partial charge is 0.265 e. The molecular formula is C14H19ClN2S. The molecule has 0 spiro atoms. The van der Waals surface area contributed by atoms with Gasteiger partial charge in [0.2, 0.25) is 0 Å². The van der Waals surface area contributed by atoms with Gasteiger partial charge in [0, 0.05) is 23.6 Å². The average Bonchev–Trinajstić information content (AvgIpc) is 2.77. The fourth-order valence-electron chi connectivity index (χ4n) is 1.95. The van der Waals surface area contributed by atoms with Gasteiger partial charge in [0.15, 0.2) is 0 Å². The molecule has 1 aromatic carbocycles. The Kier molecular flexibility index (Phi) is 4.95. The monoisotopic (exact) mass is 282 g/mol. The van der Waals surface area contributed by atoms with Crippen molar-refractivity contribution in [2.24, 2.45) is 5.92 Å². The maximum Gasteiger partial charge on any atom is 0.0802 e. The van der Waals surface area contributed by atoms with E-state index >= 15 is 0 Å². The third-order valence-electron chi connectivity index (χ3n) is 2.94. The van der Waals surface area contributed by atoms with Gasteiger partial charge in [0.25, 0.3) is 0 Å². The predicted octanol–water partition coefficient (Wildman–Crippen LogP) is 4.16. The van der Waals surface area contributed by atoms with E-state index in [0.29, 0.717) is 5.92 Å². The minimum atomic E-state index is 0.566. The van der Waals surface area contributed by atoms with E-state index in [9.17, 15) is 0 Å². The lowest BCUT2D eigenvalue weighted by molar-refractivity contribution is 0.675. The van der Waals surface area contributed by atoms with Gasteiger partial charge < -0.3 is 0 Å². The number of aryl methyl sites for hydroxylation is 1. The zero-order valence-electron chi connectivity index (χ0n) is 10.9. The minimum absolute atomic E-state index is 0.566. The number of halogens is 1. The molecule has 0 fully saturated rings. The van der Waals surface area contributed by atoms with Crippen molar-refractivity contribution in [1.82, 2.24) is 9.78 Å². The van der Waals surface area contributed by atoms with Crippen LogP contribution in [-0.4, -0.2) is 21.4 Å². The first-order valence-corrected chi connectivity index (χ1v) is 8.03. The van der Waals surface area contributed by atoms with Crippen molar-refractivity contribution >= 4 is 34.3 Å². The molecule has 0 N–H and O–H groups in total. The molecule has 0 bridgehead atoms. The number of para-hydroxylation sites is 1. The number of rotatable bonds is 6. The Morgan fingerprint density at radius 2 is 2.17 bits per heavy atom. The summed E-state index contributed by atoms with van der Waals surface area (Å²) in [6.45, 7) is 5.23. The topological polar surface area (TPSA) is 17.8 Å². The average molecular weight is 283 g/mol. The molecule has 2 nitrogen and oxygen atoms in total. The second-order valence-electron chi connectivity index (χ2n) is 4.55. The summed E-state index contributed by atoms with van der Waals surface area (Å²) in [4.78, 5) is 0. The van der Waals surface area contributed by atoms with Gasteiger partial charge in [-0.3, -0.25) is 4.68 Å². The molecule has 0 aliphatic carbocycles. The van der Waals surface area contributed by atoms with Crippen molar-refractivity contribution in [2.75, 3.05) is 11.6 Å². The fraction of sp³-hybridized carbons (Fsp3) is 0.500. The van der Waals surface area contributed by atoms with Gasteiger partial charge in [-0.25, -0.2) is 0 Å². The van der Waals surface area contributed by atoms with Crippen LogP contribution >= 0.6 is 23.4 Å². The normalized spacial score (nSPS) is 13.1. The number of hydrogen-bond donors (Lipinski definition) is 0. The Morgan fingerprint density at radius 1 is 1.39 bits per heavy atom. The Hall–Kier alpha value is -0.670. The highest BCUT2D eigenvalue weighted by Gasteiger charge is 2.09. The summed E-state index contributed by atoms with van der Waals surface area (Å²) >= 11 is 7.74.